The molecule has 19 heavy (non-hydrogen) atoms. The molecule has 0 saturated heterocycles. The summed E-state index contributed by atoms with van der Waals surface area (Å²) < 4.78 is 17.4. The van der Waals surface area contributed by atoms with Crippen LogP contribution >= 0.6 is 0 Å². The van der Waals surface area contributed by atoms with Crippen molar-refractivity contribution in [1.29, 1.82) is 0 Å². The summed E-state index contributed by atoms with van der Waals surface area (Å²) in [5.74, 6) is 0. The van der Waals surface area contributed by atoms with Gasteiger partial charge in [-0.3, -0.25) is 0 Å². The highest BCUT2D eigenvalue weighted by molar-refractivity contribution is 6.60. The highest BCUT2D eigenvalue weighted by Crippen LogP contribution is 2.17. The predicted octanol–water partition coefficient (Wildman–Crippen LogP) is 1.62. The molecule has 0 amide bonds. The molecule has 0 atom stereocenters. The topological polar surface area (TPSA) is 51.8 Å². The second-order valence-corrected chi connectivity index (χ2v) is 6.92. The van der Waals surface area contributed by atoms with Crippen molar-refractivity contribution >= 4 is 8.80 Å². The first-order chi connectivity index (χ1) is 9.24. The van der Waals surface area contributed by atoms with Gasteiger partial charge in [0.2, 0.25) is 0 Å². The van der Waals surface area contributed by atoms with Crippen LogP contribution in [-0.2, 0) is 13.3 Å². The molecule has 0 radical (unpaired) electrons. The molecule has 0 unspecified atom stereocenters. The maximum Gasteiger partial charge on any atom is 0.500 e. The Morgan fingerprint density at radius 1 is 0.737 bits per heavy atom. The van der Waals surface area contributed by atoms with Gasteiger partial charge in [-0.05, 0) is 40.3 Å². The Balaban J connectivity index is 3.89. The Labute approximate surface area is 119 Å². The van der Waals surface area contributed by atoms with Crippen molar-refractivity contribution in [2.45, 2.75) is 40.2 Å². The summed E-state index contributed by atoms with van der Waals surface area (Å²) in [7, 11) is -2.43. The molecule has 0 heterocycles. The Morgan fingerprint density at radius 3 is 1.74 bits per heavy atom. The van der Waals surface area contributed by atoms with Gasteiger partial charge < -0.3 is 23.9 Å². The van der Waals surface area contributed by atoms with E-state index in [1.807, 2.05) is 20.8 Å². The number of nitrogens with one attached hydrogen (secondary N) is 2. The van der Waals surface area contributed by atoms with Gasteiger partial charge in [0.1, 0.15) is 0 Å². The van der Waals surface area contributed by atoms with Crippen molar-refractivity contribution in [2.75, 3.05) is 46.0 Å². The van der Waals surface area contributed by atoms with Gasteiger partial charge in [0, 0.05) is 39.0 Å². The zero-order chi connectivity index (χ0) is 14.4. The summed E-state index contributed by atoms with van der Waals surface area (Å²) in [6.07, 6.45) is 1.03. The van der Waals surface area contributed by atoms with Gasteiger partial charge in [-0.2, -0.15) is 0 Å². The summed E-state index contributed by atoms with van der Waals surface area (Å²) in [5, 5.41) is 6.70. The fraction of sp³-hybridized carbons (Fsp3) is 1.00. The Kier molecular flexibility index (Phi) is 13.0. The molecule has 0 fully saturated rings. The van der Waals surface area contributed by atoms with Gasteiger partial charge >= 0.3 is 8.80 Å². The van der Waals surface area contributed by atoms with E-state index < -0.39 is 8.80 Å². The van der Waals surface area contributed by atoms with Gasteiger partial charge in [-0.1, -0.05) is 6.92 Å². The van der Waals surface area contributed by atoms with Gasteiger partial charge in [0.25, 0.3) is 0 Å². The summed E-state index contributed by atoms with van der Waals surface area (Å²) in [4.78, 5) is 0. The average Bonchev–Trinajstić information content (AvgIpc) is 2.39. The lowest BCUT2D eigenvalue weighted by atomic mass is 10.4. The molecule has 116 valence electrons. The van der Waals surface area contributed by atoms with Gasteiger partial charge in [-0.25, -0.2) is 0 Å². The van der Waals surface area contributed by atoms with E-state index in [1.165, 1.54) is 0 Å². The third-order valence-corrected chi connectivity index (χ3v) is 5.81. The summed E-state index contributed by atoms with van der Waals surface area (Å²) in [5.41, 5.74) is 0. The number of hydrogen-bond acceptors (Lipinski definition) is 5. The van der Waals surface area contributed by atoms with Crippen molar-refractivity contribution < 1.29 is 13.3 Å². The molecule has 2 N–H and O–H groups in total. The van der Waals surface area contributed by atoms with E-state index in [0.29, 0.717) is 19.8 Å². The molecule has 0 aliphatic heterocycles. The smallest absolute Gasteiger partial charge is 0.374 e. The van der Waals surface area contributed by atoms with Crippen LogP contribution in [0.3, 0.4) is 0 Å². The zero-order valence-corrected chi connectivity index (χ0v) is 14.1. The van der Waals surface area contributed by atoms with Crippen molar-refractivity contribution in [3.8, 4) is 0 Å². The van der Waals surface area contributed by atoms with Crippen molar-refractivity contribution in [1.82, 2.24) is 10.6 Å². The fourth-order valence-corrected chi connectivity index (χ4v) is 4.52. The van der Waals surface area contributed by atoms with Crippen LogP contribution in [0.2, 0.25) is 6.04 Å². The molecule has 0 aromatic heterocycles. The van der Waals surface area contributed by atoms with Gasteiger partial charge in [0.15, 0.2) is 0 Å². The van der Waals surface area contributed by atoms with Crippen LogP contribution in [0.25, 0.3) is 0 Å². The predicted molar refractivity (Wildman–Crippen MR) is 81.5 cm³/mol. The first-order valence-electron chi connectivity index (χ1n) is 7.57. The molecule has 0 aromatic rings. The van der Waals surface area contributed by atoms with E-state index in [1.54, 1.807) is 0 Å². The largest absolute Gasteiger partial charge is 0.500 e. The van der Waals surface area contributed by atoms with Crippen LogP contribution in [-0.4, -0.2) is 54.8 Å². The molecule has 0 bridgehead atoms. The van der Waals surface area contributed by atoms with Gasteiger partial charge in [-0.15, -0.1) is 0 Å². The molecular formula is C13H32N2O3Si. The number of rotatable bonds is 14. The minimum atomic E-state index is -2.43. The molecule has 0 saturated carbocycles. The minimum absolute atomic E-state index is 0.653. The first-order valence-corrected chi connectivity index (χ1v) is 9.51. The standard InChI is InChI=1S/C13H32N2O3Si/c1-5-14-11-12-15-10-9-13-19(16-6-2,17-7-3)18-8-4/h14-15H,5-13H2,1-4H3. The third kappa shape index (κ3) is 9.54. The zero-order valence-electron chi connectivity index (χ0n) is 13.1. The Hall–Kier alpha value is 0.0169. The van der Waals surface area contributed by atoms with Crippen molar-refractivity contribution in [3.63, 3.8) is 0 Å². The molecule has 0 spiro atoms. The normalized spacial score (nSPS) is 12.0. The Bertz CT molecular complexity index is 180. The minimum Gasteiger partial charge on any atom is -0.374 e. The average molecular weight is 292 g/mol. The Morgan fingerprint density at radius 2 is 1.26 bits per heavy atom. The number of likely N-dealkylation sites (N-methyl/N-ethyl adjacent to an activating group) is 1. The van der Waals surface area contributed by atoms with Crippen LogP contribution in [0.15, 0.2) is 0 Å². The molecule has 0 aliphatic rings. The fourth-order valence-electron chi connectivity index (χ4n) is 1.91. The molecule has 6 heteroatoms. The molecular weight excluding hydrogens is 260 g/mol. The van der Waals surface area contributed by atoms with E-state index in [2.05, 4.69) is 17.6 Å². The molecule has 0 aliphatic carbocycles. The quantitative estimate of drug-likeness (QED) is 0.376. The first kappa shape index (κ1) is 19.0. The number of hydrogen-bond donors (Lipinski definition) is 2. The second kappa shape index (κ2) is 13.0. The lowest BCUT2D eigenvalue weighted by Crippen LogP contribution is -2.46. The second-order valence-electron chi connectivity index (χ2n) is 4.19. The van der Waals surface area contributed by atoms with E-state index in [4.69, 9.17) is 13.3 Å². The van der Waals surface area contributed by atoms with Crippen molar-refractivity contribution in [2.24, 2.45) is 0 Å². The highest BCUT2D eigenvalue weighted by atomic mass is 28.4. The van der Waals surface area contributed by atoms with E-state index in [-0.39, 0.29) is 0 Å². The van der Waals surface area contributed by atoms with Crippen LogP contribution in [0.5, 0.6) is 0 Å². The maximum absolute atomic E-state index is 5.81. The monoisotopic (exact) mass is 292 g/mol. The van der Waals surface area contributed by atoms with Crippen LogP contribution in [0.1, 0.15) is 34.1 Å². The van der Waals surface area contributed by atoms with E-state index in [0.717, 1.165) is 38.6 Å². The van der Waals surface area contributed by atoms with Crippen LogP contribution < -0.4 is 10.6 Å². The third-order valence-electron chi connectivity index (χ3n) is 2.66. The van der Waals surface area contributed by atoms with E-state index in [9.17, 15) is 0 Å². The molecule has 0 aromatic carbocycles. The molecule has 5 nitrogen and oxygen atoms in total. The highest BCUT2D eigenvalue weighted by Gasteiger charge is 2.39. The van der Waals surface area contributed by atoms with E-state index >= 15 is 0 Å². The lowest BCUT2D eigenvalue weighted by Gasteiger charge is -2.28. The maximum atomic E-state index is 5.81. The van der Waals surface area contributed by atoms with Crippen LogP contribution in [0, 0.1) is 0 Å². The summed E-state index contributed by atoms with van der Waals surface area (Å²) in [6.45, 7) is 14.1. The van der Waals surface area contributed by atoms with Gasteiger partial charge in [0.05, 0.1) is 0 Å². The lowest BCUT2D eigenvalue weighted by molar-refractivity contribution is 0.0708. The SMILES string of the molecule is CCNCCNCCC[Si](OCC)(OCC)OCC. The molecule has 0 rings (SSSR count). The van der Waals surface area contributed by atoms with Crippen molar-refractivity contribution in [3.05, 3.63) is 0 Å². The summed E-state index contributed by atoms with van der Waals surface area (Å²) >= 11 is 0. The van der Waals surface area contributed by atoms with Crippen LogP contribution in [0.4, 0.5) is 0 Å². The summed E-state index contributed by atoms with van der Waals surface area (Å²) in [6, 6.07) is 0.886.